The molecule has 0 aromatic carbocycles. The molecule has 288 valence electrons. The zero-order valence-corrected chi connectivity index (χ0v) is 33.0. The Morgan fingerprint density at radius 3 is 1.22 bits per heavy atom. The second kappa shape index (κ2) is 41.0. The summed E-state index contributed by atoms with van der Waals surface area (Å²) in [6.07, 6.45) is 54.0. The van der Waals surface area contributed by atoms with E-state index in [1.54, 1.807) is 6.08 Å². The molecule has 0 aromatic heterocycles. The second-order valence-corrected chi connectivity index (χ2v) is 14.8. The second-order valence-electron chi connectivity index (χ2n) is 14.8. The number of nitrogens with one attached hydrogen (secondary N) is 1. The molecule has 2 atom stereocenters. The monoisotopic (exact) mass is 688 g/mol. The molecule has 1 amide bonds. The van der Waals surface area contributed by atoms with Crippen molar-refractivity contribution >= 4 is 5.91 Å². The molecule has 0 aliphatic heterocycles. The molecule has 49 heavy (non-hydrogen) atoms. The molecular formula is C45H85NO3. The number of unbranched alkanes of at least 4 members (excludes halogenated alkanes) is 28. The minimum absolute atomic E-state index is 0.0681. The first-order valence-corrected chi connectivity index (χ1v) is 21.7. The van der Waals surface area contributed by atoms with E-state index in [0.717, 1.165) is 32.1 Å². The first kappa shape index (κ1) is 47.6. The average Bonchev–Trinajstić information content (AvgIpc) is 3.10. The maximum atomic E-state index is 12.3. The third-order valence-electron chi connectivity index (χ3n) is 9.87. The van der Waals surface area contributed by atoms with Crippen molar-refractivity contribution in [1.82, 2.24) is 5.32 Å². The Hall–Kier alpha value is -1.39. The van der Waals surface area contributed by atoms with Gasteiger partial charge in [0.25, 0.3) is 0 Å². The van der Waals surface area contributed by atoms with Crippen molar-refractivity contribution in [2.75, 3.05) is 6.61 Å². The molecular weight excluding hydrogens is 602 g/mol. The highest BCUT2D eigenvalue weighted by Crippen LogP contribution is 2.14. The van der Waals surface area contributed by atoms with Crippen LogP contribution in [0, 0.1) is 0 Å². The Balaban J connectivity index is 3.50. The summed E-state index contributed by atoms with van der Waals surface area (Å²) in [5.74, 6) is -0.0681. The maximum Gasteiger partial charge on any atom is 0.220 e. The van der Waals surface area contributed by atoms with Crippen molar-refractivity contribution in [3.63, 3.8) is 0 Å². The van der Waals surface area contributed by atoms with Crippen molar-refractivity contribution in [1.29, 1.82) is 0 Å². The molecule has 0 aliphatic rings. The van der Waals surface area contributed by atoms with E-state index in [-0.39, 0.29) is 12.5 Å². The van der Waals surface area contributed by atoms with Gasteiger partial charge in [-0.2, -0.15) is 0 Å². The zero-order valence-electron chi connectivity index (χ0n) is 33.0. The lowest BCUT2D eigenvalue weighted by Crippen LogP contribution is -2.45. The fourth-order valence-electron chi connectivity index (χ4n) is 6.50. The minimum Gasteiger partial charge on any atom is -0.394 e. The van der Waals surface area contributed by atoms with Gasteiger partial charge < -0.3 is 15.5 Å². The quantitative estimate of drug-likeness (QED) is 0.0445. The van der Waals surface area contributed by atoms with Crippen LogP contribution in [0.4, 0.5) is 0 Å². The average molecular weight is 688 g/mol. The number of allylic oxidation sites excluding steroid dienone is 5. The summed E-state index contributed by atoms with van der Waals surface area (Å²) >= 11 is 0. The third kappa shape index (κ3) is 37.7. The third-order valence-corrected chi connectivity index (χ3v) is 9.87. The Morgan fingerprint density at radius 1 is 0.490 bits per heavy atom. The van der Waals surface area contributed by atoms with Crippen LogP contribution in [0.5, 0.6) is 0 Å². The lowest BCUT2D eigenvalue weighted by Gasteiger charge is -2.20. The molecule has 0 spiro atoms. The Kier molecular flexibility index (Phi) is 39.9. The van der Waals surface area contributed by atoms with E-state index in [1.165, 1.54) is 173 Å². The van der Waals surface area contributed by atoms with Gasteiger partial charge >= 0.3 is 0 Å². The topological polar surface area (TPSA) is 69.6 Å². The molecule has 0 bridgehead atoms. The van der Waals surface area contributed by atoms with E-state index >= 15 is 0 Å². The van der Waals surface area contributed by atoms with Gasteiger partial charge in [-0.25, -0.2) is 0 Å². The summed E-state index contributed by atoms with van der Waals surface area (Å²) in [5, 5.41) is 22.9. The predicted octanol–water partition coefficient (Wildman–Crippen LogP) is 13.4. The summed E-state index contributed by atoms with van der Waals surface area (Å²) in [7, 11) is 0. The molecule has 0 aromatic rings. The van der Waals surface area contributed by atoms with Gasteiger partial charge in [0.15, 0.2) is 0 Å². The Labute approximate surface area is 306 Å². The number of amides is 1. The largest absolute Gasteiger partial charge is 0.394 e. The summed E-state index contributed by atoms with van der Waals surface area (Å²) in [6.45, 7) is 4.29. The van der Waals surface area contributed by atoms with Gasteiger partial charge in [-0.05, 0) is 51.4 Å². The lowest BCUT2D eigenvalue weighted by molar-refractivity contribution is -0.123. The van der Waals surface area contributed by atoms with Crippen LogP contribution < -0.4 is 5.32 Å². The van der Waals surface area contributed by atoms with Crippen molar-refractivity contribution in [2.45, 2.75) is 238 Å². The van der Waals surface area contributed by atoms with Crippen LogP contribution in [0.3, 0.4) is 0 Å². The Morgan fingerprint density at radius 2 is 0.837 bits per heavy atom. The summed E-state index contributed by atoms with van der Waals surface area (Å²) in [5.41, 5.74) is 0. The Bertz CT molecular complexity index is 746. The fourth-order valence-corrected chi connectivity index (χ4v) is 6.50. The molecule has 0 saturated carbocycles. The number of carbonyl (C=O) groups is 1. The van der Waals surface area contributed by atoms with E-state index in [2.05, 4.69) is 43.5 Å². The van der Waals surface area contributed by atoms with Crippen molar-refractivity contribution < 1.29 is 15.0 Å². The van der Waals surface area contributed by atoms with Gasteiger partial charge in [0.2, 0.25) is 5.91 Å². The number of rotatable bonds is 39. The molecule has 0 heterocycles. The normalized spacial score (nSPS) is 13.3. The highest BCUT2D eigenvalue weighted by Gasteiger charge is 2.17. The molecule has 4 nitrogen and oxygen atoms in total. The molecule has 0 fully saturated rings. The predicted molar refractivity (Wildman–Crippen MR) is 216 cm³/mol. The van der Waals surface area contributed by atoms with Crippen LogP contribution in [0.2, 0.25) is 0 Å². The van der Waals surface area contributed by atoms with Crippen molar-refractivity contribution in [3.05, 3.63) is 36.5 Å². The maximum absolute atomic E-state index is 12.3. The molecule has 0 rings (SSSR count). The zero-order chi connectivity index (χ0) is 35.7. The molecule has 4 heteroatoms. The number of hydrogen-bond donors (Lipinski definition) is 3. The highest BCUT2D eigenvalue weighted by atomic mass is 16.3. The van der Waals surface area contributed by atoms with E-state index in [9.17, 15) is 15.0 Å². The summed E-state index contributed by atoms with van der Waals surface area (Å²) < 4.78 is 0. The van der Waals surface area contributed by atoms with Gasteiger partial charge in [0, 0.05) is 6.42 Å². The van der Waals surface area contributed by atoms with Gasteiger partial charge in [0.05, 0.1) is 18.8 Å². The van der Waals surface area contributed by atoms with Crippen LogP contribution in [0.15, 0.2) is 36.5 Å². The summed E-state index contributed by atoms with van der Waals surface area (Å²) in [4.78, 5) is 12.3. The van der Waals surface area contributed by atoms with Crippen LogP contribution in [0.1, 0.15) is 226 Å². The van der Waals surface area contributed by atoms with E-state index in [4.69, 9.17) is 0 Å². The lowest BCUT2D eigenvalue weighted by atomic mass is 10.0. The van der Waals surface area contributed by atoms with Gasteiger partial charge in [0.1, 0.15) is 0 Å². The van der Waals surface area contributed by atoms with E-state index in [1.807, 2.05) is 6.08 Å². The molecule has 0 aliphatic carbocycles. The molecule has 0 saturated heterocycles. The van der Waals surface area contributed by atoms with Crippen LogP contribution in [-0.2, 0) is 4.79 Å². The van der Waals surface area contributed by atoms with Gasteiger partial charge in [-0.15, -0.1) is 0 Å². The minimum atomic E-state index is -0.837. The summed E-state index contributed by atoms with van der Waals surface area (Å²) in [6, 6.07) is -0.620. The highest BCUT2D eigenvalue weighted by molar-refractivity contribution is 5.76. The van der Waals surface area contributed by atoms with Crippen LogP contribution in [0.25, 0.3) is 0 Å². The molecule has 3 N–H and O–H groups in total. The van der Waals surface area contributed by atoms with E-state index < -0.39 is 12.1 Å². The molecule has 0 radical (unpaired) electrons. The van der Waals surface area contributed by atoms with Crippen molar-refractivity contribution in [3.8, 4) is 0 Å². The number of hydrogen-bond acceptors (Lipinski definition) is 3. The van der Waals surface area contributed by atoms with E-state index in [0.29, 0.717) is 6.42 Å². The first-order valence-electron chi connectivity index (χ1n) is 21.7. The van der Waals surface area contributed by atoms with Crippen molar-refractivity contribution in [2.24, 2.45) is 0 Å². The standard InChI is InChI=1S/C45H85NO3/c1-3-5-7-9-11-13-15-16-17-18-19-20-21-22-23-24-25-26-27-28-29-30-31-33-35-37-39-41-45(49)46-43(42-47)44(48)40-38-36-34-32-14-12-10-8-6-4-2/h19-20,22-23,38,40,43-44,47-48H,3-18,21,24-37,39,41-42H2,1-2H3,(H,46,49)/b20-19-,23-22-,40-38+. The van der Waals surface area contributed by atoms with Crippen LogP contribution in [-0.4, -0.2) is 34.9 Å². The van der Waals surface area contributed by atoms with Crippen LogP contribution >= 0.6 is 0 Å². The fraction of sp³-hybridized carbons (Fsp3) is 0.844. The number of aliphatic hydroxyl groups is 2. The van der Waals surface area contributed by atoms with Gasteiger partial charge in [-0.3, -0.25) is 4.79 Å². The number of carbonyl (C=O) groups excluding carboxylic acids is 1. The number of aliphatic hydroxyl groups excluding tert-OH is 2. The molecule has 2 unspecified atom stereocenters. The first-order chi connectivity index (χ1) is 24.2. The smallest absolute Gasteiger partial charge is 0.220 e. The van der Waals surface area contributed by atoms with Gasteiger partial charge in [-0.1, -0.05) is 204 Å². The SMILES string of the molecule is CCCCCCCCCC/C=C/C(O)C(CO)NC(=O)CCCCCCCCCCCCC/C=C\C/C=C\CCCCCCCCCCC.